The van der Waals surface area contributed by atoms with Gasteiger partial charge in [-0.25, -0.2) is 4.79 Å². The summed E-state index contributed by atoms with van der Waals surface area (Å²) in [5.41, 5.74) is 0.366. The molecule has 0 fully saturated rings. The minimum atomic E-state index is -1.02. The second-order valence-electron chi connectivity index (χ2n) is 3.74. The second kappa shape index (κ2) is 6.50. The third kappa shape index (κ3) is 3.67. The van der Waals surface area contributed by atoms with E-state index in [9.17, 15) is 4.79 Å². The Morgan fingerprint density at radius 2 is 2.11 bits per heavy atom. The molecule has 1 unspecified atom stereocenters. The van der Waals surface area contributed by atoms with Crippen LogP contribution in [0.3, 0.4) is 0 Å². The first-order chi connectivity index (χ1) is 8.60. The van der Waals surface area contributed by atoms with Gasteiger partial charge in [0.2, 0.25) is 0 Å². The highest BCUT2D eigenvalue weighted by Gasteiger charge is 2.18. The Labute approximate surface area is 106 Å². The molecule has 0 aliphatic rings. The summed E-state index contributed by atoms with van der Waals surface area (Å²) in [6.45, 7) is 1.88. The van der Waals surface area contributed by atoms with Crippen LogP contribution in [0.25, 0.3) is 0 Å². The Bertz CT molecular complexity index is 465. The summed E-state index contributed by atoms with van der Waals surface area (Å²) < 4.78 is 10.4. The lowest BCUT2D eigenvalue weighted by Gasteiger charge is -2.15. The first-order valence-corrected chi connectivity index (χ1v) is 5.59. The van der Waals surface area contributed by atoms with Crippen molar-refractivity contribution in [3.8, 4) is 17.6 Å². The van der Waals surface area contributed by atoms with E-state index in [0.717, 1.165) is 0 Å². The van der Waals surface area contributed by atoms with Gasteiger partial charge in [0.15, 0.2) is 6.10 Å². The largest absolute Gasteiger partial charge is 0.497 e. The molecule has 96 valence electrons. The molecule has 18 heavy (non-hydrogen) atoms. The van der Waals surface area contributed by atoms with Gasteiger partial charge in [0.1, 0.15) is 11.5 Å². The standard InChI is InChI=1S/C13H15NO4/c1-3-4-12(13(15)16)18-11-6-9(8-14)5-10(7-11)17-2/h5-7,12H,3-4H2,1-2H3,(H,15,16). The van der Waals surface area contributed by atoms with Crippen molar-refractivity contribution in [1.82, 2.24) is 0 Å². The molecule has 0 heterocycles. The highest BCUT2D eigenvalue weighted by molar-refractivity contribution is 5.72. The molecule has 5 nitrogen and oxygen atoms in total. The van der Waals surface area contributed by atoms with Crippen LogP contribution in [-0.4, -0.2) is 24.3 Å². The lowest BCUT2D eigenvalue weighted by Crippen LogP contribution is -2.26. The maximum absolute atomic E-state index is 11.0. The molecule has 1 aromatic carbocycles. The van der Waals surface area contributed by atoms with Crippen LogP contribution >= 0.6 is 0 Å². The van der Waals surface area contributed by atoms with Gasteiger partial charge in [-0.3, -0.25) is 0 Å². The molecule has 0 amide bonds. The van der Waals surface area contributed by atoms with Gasteiger partial charge >= 0.3 is 5.97 Å². The number of ether oxygens (including phenoxy) is 2. The Balaban J connectivity index is 2.95. The van der Waals surface area contributed by atoms with Crippen LogP contribution < -0.4 is 9.47 Å². The molecule has 1 atom stereocenters. The van der Waals surface area contributed by atoms with E-state index in [-0.39, 0.29) is 0 Å². The molecule has 0 bridgehead atoms. The number of nitrogens with zero attached hydrogens (tertiary/aromatic N) is 1. The van der Waals surface area contributed by atoms with Crippen molar-refractivity contribution in [2.75, 3.05) is 7.11 Å². The van der Waals surface area contributed by atoms with E-state index >= 15 is 0 Å². The van der Waals surface area contributed by atoms with Crippen LogP contribution in [0.1, 0.15) is 25.3 Å². The molecule has 0 saturated carbocycles. The smallest absolute Gasteiger partial charge is 0.344 e. The van der Waals surface area contributed by atoms with Crippen molar-refractivity contribution in [3.63, 3.8) is 0 Å². The summed E-state index contributed by atoms with van der Waals surface area (Å²) in [6.07, 6.45) is 0.203. The minimum absolute atomic E-state index is 0.326. The SMILES string of the molecule is CCCC(Oc1cc(C#N)cc(OC)c1)C(=O)O. The zero-order valence-corrected chi connectivity index (χ0v) is 10.3. The van der Waals surface area contributed by atoms with Crippen molar-refractivity contribution in [1.29, 1.82) is 5.26 Å². The third-order valence-corrected chi connectivity index (χ3v) is 2.35. The lowest BCUT2D eigenvalue weighted by atomic mass is 10.2. The van der Waals surface area contributed by atoms with Crippen LogP contribution in [0.5, 0.6) is 11.5 Å². The highest BCUT2D eigenvalue weighted by atomic mass is 16.5. The molecular weight excluding hydrogens is 234 g/mol. The number of benzene rings is 1. The third-order valence-electron chi connectivity index (χ3n) is 2.35. The van der Waals surface area contributed by atoms with Gasteiger partial charge in [-0.15, -0.1) is 0 Å². The summed E-state index contributed by atoms with van der Waals surface area (Å²) in [6, 6.07) is 6.58. The van der Waals surface area contributed by atoms with Crippen molar-refractivity contribution < 1.29 is 19.4 Å². The van der Waals surface area contributed by atoms with E-state index in [4.69, 9.17) is 19.8 Å². The van der Waals surface area contributed by atoms with E-state index in [1.807, 2.05) is 13.0 Å². The number of carbonyl (C=O) groups is 1. The first kappa shape index (κ1) is 13.8. The van der Waals surface area contributed by atoms with E-state index in [1.165, 1.54) is 13.2 Å². The fourth-order valence-corrected chi connectivity index (χ4v) is 1.48. The molecule has 1 N–H and O–H groups in total. The highest BCUT2D eigenvalue weighted by Crippen LogP contribution is 2.24. The van der Waals surface area contributed by atoms with Crippen LogP contribution in [0.15, 0.2) is 18.2 Å². The number of methoxy groups -OCH3 is 1. The van der Waals surface area contributed by atoms with E-state index in [2.05, 4.69) is 0 Å². The fourth-order valence-electron chi connectivity index (χ4n) is 1.48. The average molecular weight is 249 g/mol. The quantitative estimate of drug-likeness (QED) is 0.836. The van der Waals surface area contributed by atoms with Gasteiger partial charge in [-0.05, 0) is 18.6 Å². The zero-order valence-electron chi connectivity index (χ0n) is 10.3. The first-order valence-electron chi connectivity index (χ1n) is 5.59. The summed E-state index contributed by atoms with van der Waals surface area (Å²) in [4.78, 5) is 11.0. The van der Waals surface area contributed by atoms with Crippen LogP contribution in [0.2, 0.25) is 0 Å². The van der Waals surface area contributed by atoms with E-state index < -0.39 is 12.1 Å². The van der Waals surface area contributed by atoms with Crippen molar-refractivity contribution in [2.24, 2.45) is 0 Å². The van der Waals surface area contributed by atoms with Gasteiger partial charge in [-0.1, -0.05) is 13.3 Å². The predicted molar refractivity (Wildman–Crippen MR) is 64.7 cm³/mol. The second-order valence-corrected chi connectivity index (χ2v) is 3.74. The lowest BCUT2D eigenvalue weighted by molar-refractivity contribution is -0.145. The molecule has 0 aromatic heterocycles. The Kier molecular flexibility index (Phi) is 5.00. The van der Waals surface area contributed by atoms with E-state index in [1.54, 1.807) is 12.1 Å². The van der Waals surface area contributed by atoms with Gasteiger partial charge in [0, 0.05) is 6.07 Å². The Morgan fingerprint density at radius 1 is 1.44 bits per heavy atom. The molecule has 5 heteroatoms. The number of carboxylic acids is 1. The van der Waals surface area contributed by atoms with Gasteiger partial charge in [0.05, 0.1) is 18.7 Å². The number of carboxylic acid groups (broad SMARTS) is 1. The molecule has 1 aromatic rings. The minimum Gasteiger partial charge on any atom is -0.497 e. The zero-order chi connectivity index (χ0) is 13.5. The Morgan fingerprint density at radius 3 is 2.61 bits per heavy atom. The number of nitriles is 1. The molecule has 0 aliphatic heterocycles. The molecular formula is C13H15NO4. The van der Waals surface area contributed by atoms with Crippen molar-refractivity contribution in [3.05, 3.63) is 23.8 Å². The van der Waals surface area contributed by atoms with E-state index in [0.29, 0.717) is 29.9 Å². The van der Waals surface area contributed by atoms with Gasteiger partial charge in [-0.2, -0.15) is 5.26 Å². The maximum Gasteiger partial charge on any atom is 0.344 e. The Hall–Kier alpha value is -2.22. The number of hydrogen-bond donors (Lipinski definition) is 1. The molecule has 0 aliphatic carbocycles. The van der Waals surface area contributed by atoms with Crippen molar-refractivity contribution in [2.45, 2.75) is 25.9 Å². The normalized spacial score (nSPS) is 11.4. The van der Waals surface area contributed by atoms with Gasteiger partial charge in [0.25, 0.3) is 0 Å². The predicted octanol–water partition coefficient (Wildman–Crippen LogP) is 2.20. The molecule has 0 spiro atoms. The monoisotopic (exact) mass is 249 g/mol. The summed E-state index contributed by atoms with van der Waals surface area (Å²) in [5, 5.41) is 17.8. The molecule has 0 radical (unpaired) electrons. The number of hydrogen-bond acceptors (Lipinski definition) is 4. The van der Waals surface area contributed by atoms with Crippen molar-refractivity contribution >= 4 is 5.97 Å². The summed E-state index contributed by atoms with van der Waals surface area (Å²) >= 11 is 0. The summed E-state index contributed by atoms with van der Waals surface area (Å²) in [5.74, 6) is -0.227. The maximum atomic E-state index is 11.0. The summed E-state index contributed by atoms with van der Waals surface area (Å²) in [7, 11) is 1.47. The van der Waals surface area contributed by atoms with Crippen LogP contribution in [0, 0.1) is 11.3 Å². The fraction of sp³-hybridized carbons (Fsp3) is 0.385. The number of rotatable bonds is 6. The average Bonchev–Trinajstić information content (AvgIpc) is 2.37. The van der Waals surface area contributed by atoms with Crippen LogP contribution in [0.4, 0.5) is 0 Å². The molecule has 1 rings (SSSR count). The molecule has 0 saturated heterocycles. The van der Waals surface area contributed by atoms with Gasteiger partial charge < -0.3 is 14.6 Å². The topological polar surface area (TPSA) is 79.5 Å². The number of aliphatic carboxylic acids is 1. The van der Waals surface area contributed by atoms with Crippen LogP contribution in [-0.2, 0) is 4.79 Å².